The van der Waals surface area contributed by atoms with Gasteiger partial charge in [0.2, 0.25) is 0 Å². The Hall–Kier alpha value is -5.82. The van der Waals surface area contributed by atoms with Crippen LogP contribution in [0, 0.1) is 6.33 Å². The van der Waals surface area contributed by atoms with E-state index >= 15 is 0 Å². The van der Waals surface area contributed by atoms with E-state index in [9.17, 15) is 0 Å². The van der Waals surface area contributed by atoms with E-state index in [0.29, 0.717) is 5.75 Å². The molecule has 220 valence electrons. The SMILES string of the molecule is CC1(C)c2ccc(Oc3ccc4c(c3)N(c3ccccn3)B(c3ccccc3)O4)cc2-n2[c-][n+](-c3ccccc3)c3cccc1c32. The highest BCUT2D eigenvalue weighted by Gasteiger charge is 2.40. The number of rotatable bonds is 5. The van der Waals surface area contributed by atoms with Crippen molar-refractivity contribution in [1.29, 1.82) is 0 Å². The molecular formula is C39H29BN4O2. The van der Waals surface area contributed by atoms with E-state index in [-0.39, 0.29) is 12.5 Å². The summed E-state index contributed by atoms with van der Waals surface area (Å²) in [4.78, 5) is 6.79. The average Bonchev–Trinajstić information content (AvgIpc) is 3.68. The Bertz CT molecular complexity index is 2250. The van der Waals surface area contributed by atoms with Crippen molar-refractivity contribution in [3.8, 4) is 28.6 Å². The van der Waals surface area contributed by atoms with Crippen LogP contribution in [0.5, 0.6) is 17.2 Å². The first kappa shape index (κ1) is 26.6. The lowest BCUT2D eigenvalue weighted by atomic mass is 9.72. The minimum absolute atomic E-state index is 0.204. The van der Waals surface area contributed by atoms with Crippen molar-refractivity contribution in [3.05, 3.63) is 157 Å². The van der Waals surface area contributed by atoms with Gasteiger partial charge in [0.1, 0.15) is 23.1 Å². The lowest BCUT2D eigenvalue weighted by molar-refractivity contribution is -0.572. The smallest absolute Gasteiger partial charge is 0.525 e. The number of imidazole rings is 1. The Morgan fingerprint density at radius 3 is 2.26 bits per heavy atom. The second-order valence-corrected chi connectivity index (χ2v) is 12.3. The van der Waals surface area contributed by atoms with Crippen LogP contribution in [0.4, 0.5) is 11.5 Å². The van der Waals surface area contributed by atoms with Gasteiger partial charge in [0.15, 0.2) is 0 Å². The van der Waals surface area contributed by atoms with E-state index in [0.717, 1.165) is 50.9 Å². The predicted octanol–water partition coefficient (Wildman–Crippen LogP) is 7.46. The molecule has 7 heteroatoms. The Labute approximate surface area is 267 Å². The van der Waals surface area contributed by atoms with Crippen molar-refractivity contribution in [2.75, 3.05) is 4.81 Å². The highest BCUT2D eigenvalue weighted by molar-refractivity contribution is 6.74. The van der Waals surface area contributed by atoms with E-state index in [2.05, 4.69) is 112 Å². The summed E-state index contributed by atoms with van der Waals surface area (Å²) >= 11 is 0. The van der Waals surface area contributed by atoms with Crippen LogP contribution in [0.2, 0.25) is 0 Å². The molecule has 0 fully saturated rings. The molecule has 0 unspecified atom stereocenters. The van der Waals surface area contributed by atoms with Crippen molar-refractivity contribution in [2.45, 2.75) is 19.3 Å². The second-order valence-electron chi connectivity index (χ2n) is 12.3. The lowest BCUT2D eigenvalue weighted by Crippen LogP contribution is -2.47. The monoisotopic (exact) mass is 596 g/mol. The van der Waals surface area contributed by atoms with Crippen LogP contribution in [-0.2, 0) is 5.41 Å². The molecule has 0 bridgehead atoms. The van der Waals surface area contributed by atoms with Gasteiger partial charge in [0.25, 0.3) is 6.33 Å². The van der Waals surface area contributed by atoms with E-state index in [1.165, 1.54) is 11.1 Å². The van der Waals surface area contributed by atoms with E-state index < -0.39 is 0 Å². The second kappa shape index (κ2) is 10.1. The number of pyridine rings is 1. The van der Waals surface area contributed by atoms with Crippen molar-refractivity contribution >= 4 is 35.1 Å². The summed E-state index contributed by atoms with van der Waals surface area (Å²) in [7, 11) is -0.338. The molecule has 0 saturated heterocycles. The van der Waals surface area contributed by atoms with Crippen LogP contribution in [0.15, 0.2) is 140 Å². The fourth-order valence-electron chi connectivity index (χ4n) is 6.90. The molecule has 5 aromatic carbocycles. The van der Waals surface area contributed by atoms with Crippen LogP contribution in [0.1, 0.15) is 25.0 Å². The Morgan fingerprint density at radius 2 is 1.48 bits per heavy atom. The summed E-state index contributed by atoms with van der Waals surface area (Å²) in [6.07, 6.45) is 5.46. The van der Waals surface area contributed by atoms with Crippen LogP contribution >= 0.6 is 0 Å². The van der Waals surface area contributed by atoms with Gasteiger partial charge in [-0.15, -0.1) is 0 Å². The molecule has 2 aliphatic rings. The number of fused-ring (bicyclic) bond motifs is 3. The maximum Gasteiger partial charge on any atom is 0.525 e. The van der Waals surface area contributed by atoms with Gasteiger partial charge in [-0.25, -0.2) is 4.98 Å². The normalized spacial score (nSPS) is 14.1. The van der Waals surface area contributed by atoms with Gasteiger partial charge >= 0.3 is 7.05 Å². The summed E-state index contributed by atoms with van der Waals surface area (Å²) < 4.78 is 17.4. The third-order valence-electron chi connectivity index (χ3n) is 9.13. The predicted molar refractivity (Wildman–Crippen MR) is 181 cm³/mol. The minimum atomic E-state index is -0.338. The third-order valence-corrected chi connectivity index (χ3v) is 9.13. The topological polar surface area (TPSA) is 43.4 Å². The number of nitrogens with zero attached hydrogens (tertiary/aromatic N) is 4. The molecular weight excluding hydrogens is 567 g/mol. The molecule has 0 amide bonds. The van der Waals surface area contributed by atoms with Gasteiger partial charge in [-0.1, -0.05) is 92.7 Å². The number of benzene rings is 5. The molecule has 2 aromatic heterocycles. The number of para-hydroxylation sites is 2. The minimum Gasteiger partial charge on any atom is -0.536 e. The van der Waals surface area contributed by atoms with E-state index in [4.69, 9.17) is 9.39 Å². The molecule has 0 radical (unpaired) electrons. The van der Waals surface area contributed by atoms with Crippen LogP contribution in [-0.4, -0.2) is 16.6 Å². The van der Waals surface area contributed by atoms with Crippen molar-refractivity contribution in [3.63, 3.8) is 0 Å². The van der Waals surface area contributed by atoms with Gasteiger partial charge in [0.05, 0.1) is 28.1 Å². The summed E-state index contributed by atoms with van der Waals surface area (Å²) in [6.45, 7) is 4.58. The maximum absolute atomic E-state index is 6.60. The molecule has 2 aliphatic heterocycles. The first-order valence-electron chi connectivity index (χ1n) is 15.5. The quantitative estimate of drug-likeness (QED) is 0.118. The highest BCUT2D eigenvalue weighted by Crippen LogP contribution is 2.46. The molecule has 0 atom stereocenters. The summed E-state index contributed by atoms with van der Waals surface area (Å²) in [6, 6.07) is 45.4. The molecule has 0 saturated carbocycles. The number of hydrogen-bond donors (Lipinski definition) is 0. The lowest BCUT2D eigenvalue weighted by Gasteiger charge is -2.34. The van der Waals surface area contributed by atoms with Crippen molar-refractivity contribution in [1.82, 2.24) is 9.55 Å². The fourth-order valence-corrected chi connectivity index (χ4v) is 6.90. The Balaban J connectivity index is 1.13. The number of anilines is 2. The van der Waals surface area contributed by atoms with Gasteiger partial charge in [-0.3, -0.25) is 9.13 Å². The van der Waals surface area contributed by atoms with E-state index in [1.54, 1.807) is 6.20 Å². The Morgan fingerprint density at radius 1 is 0.739 bits per heavy atom. The molecule has 0 N–H and O–H groups in total. The summed E-state index contributed by atoms with van der Waals surface area (Å²) in [5, 5.41) is 0. The van der Waals surface area contributed by atoms with Crippen LogP contribution in [0.25, 0.3) is 22.4 Å². The average molecular weight is 596 g/mol. The van der Waals surface area contributed by atoms with Gasteiger partial charge in [-0.2, -0.15) is 0 Å². The van der Waals surface area contributed by atoms with Crippen molar-refractivity contribution < 1.29 is 14.0 Å². The summed E-state index contributed by atoms with van der Waals surface area (Å²) in [5.41, 5.74) is 8.66. The zero-order valence-electron chi connectivity index (χ0n) is 25.5. The Kier molecular flexibility index (Phi) is 5.84. The van der Waals surface area contributed by atoms with Gasteiger partial charge in [-0.05, 0) is 65.1 Å². The molecule has 4 heterocycles. The third kappa shape index (κ3) is 4.05. The zero-order valence-corrected chi connectivity index (χ0v) is 25.5. The molecule has 0 spiro atoms. The number of ether oxygens (including phenoxy) is 1. The van der Waals surface area contributed by atoms with E-state index in [1.807, 2.05) is 60.7 Å². The van der Waals surface area contributed by atoms with Crippen LogP contribution in [0.3, 0.4) is 0 Å². The van der Waals surface area contributed by atoms with Gasteiger partial charge < -0.3 is 14.2 Å². The number of hydrogen-bond acceptors (Lipinski definition) is 4. The standard InChI is InChI=1S/C39H29BN4O2/c1-39(2)31-21-19-29(24-34(31)43-26-42(28-14-7-4-8-15-28)33-17-11-16-32(39)38(33)43)45-30-20-22-36-35(25-30)44(37-18-9-10-23-41-37)40(46-36)27-12-5-3-6-13-27/h3-25H,1-2H3. The molecule has 6 nitrogen and oxygen atoms in total. The fraction of sp³-hybridized carbons (Fsp3) is 0.0769. The summed E-state index contributed by atoms with van der Waals surface area (Å²) in [5.74, 6) is 3.05. The van der Waals surface area contributed by atoms with Crippen molar-refractivity contribution in [2.24, 2.45) is 0 Å². The highest BCUT2D eigenvalue weighted by atomic mass is 16.5. The van der Waals surface area contributed by atoms with Crippen LogP contribution < -0.4 is 24.2 Å². The maximum atomic E-state index is 6.60. The first-order chi connectivity index (χ1) is 22.6. The number of aromatic nitrogens is 3. The molecule has 0 aliphatic carbocycles. The molecule has 46 heavy (non-hydrogen) atoms. The van der Waals surface area contributed by atoms with Gasteiger partial charge in [0, 0.05) is 17.7 Å². The largest absolute Gasteiger partial charge is 0.536 e. The molecule has 7 aromatic rings. The zero-order chi connectivity index (χ0) is 30.8. The molecule has 9 rings (SSSR count). The first-order valence-corrected chi connectivity index (χ1v) is 15.5.